The van der Waals surface area contributed by atoms with Crippen LogP contribution in [-0.4, -0.2) is 35.8 Å². The van der Waals surface area contributed by atoms with Crippen LogP contribution in [-0.2, 0) is 16.5 Å². The van der Waals surface area contributed by atoms with Gasteiger partial charge in [-0.15, -0.1) is 0 Å². The van der Waals surface area contributed by atoms with E-state index in [1.54, 1.807) is 16.8 Å². The SMILES string of the molecule is Cn1cc([C@H](NCCC2OCCO2)c2ccc(F)cc2)cn1. The molecule has 1 aliphatic rings. The molecule has 0 spiro atoms. The van der Waals surface area contributed by atoms with E-state index in [9.17, 15) is 4.39 Å². The molecule has 0 bridgehead atoms. The predicted molar refractivity (Wildman–Crippen MR) is 79.8 cm³/mol. The molecule has 1 N–H and O–H groups in total. The second-order valence-electron chi connectivity index (χ2n) is 5.35. The molecule has 1 aromatic heterocycles. The van der Waals surface area contributed by atoms with Crippen LogP contribution in [0.2, 0.25) is 0 Å². The minimum atomic E-state index is -0.235. The Morgan fingerprint density at radius 2 is 2.00 bits per heavy atom. The smallest absolute Gasteiger partial charge is 0.159 e. The molecule has 0 radical (unpaired) electrons. The summed E-state index contributed by atoms with van der Waals surface area (Å²) in [6.45, 7) is 2.06. The van der Waals surface area contributed by atoms with E-state index in [1.165, 1.54) is 12.1 Å². The van der Waals surface area contributed by atoms with Gasteiger partial charge < -0.3 is 14.8 Å². The van der Waals surface area contributed by atoms with E-state index in [4.69, 9.17) is 9.47 Å². The first-order valence-electron chi connectivity index (χ1n) is 7.43. The topological polar surface area (TPSA) is 48.3 Å². The molecule has 0 unspecified atom stereocenters. The molecule has 6 heteroatoms. The zero-order valence-electron chi connectivity index (χ0n) is 12.5. The fourth-order valence-electron chi connectivity index (χ4n) is 2.59. The Morgan fingerprint density at radius 3 is 2.64 bits per heavy atom. The molecule has 22 heavy (non-hydrogen) atoms. The van der Waals surface area contributed by atoms with Crippen LogP contribution >= 0.6 is 0 Å². The summed E-state index contributed by atoms with van der Waals surface area (Å²) in [5, 5.41) is 7.70. The van der Waals surface area contributed by atoms with Crippen molar-refractivity contribution >= 4 is 0 Å². The lowest BCUT2D eigenvalue weighted by Crippen LogP contribution is -2.26. The maximum atomic E-state index is 13.1. The van der Waals surface area contributed by atoms with Crippen LogP contribution < -0.4 is 5.32 Å². The van der Waals surface area contributed by atoms with E-state index in [2.05, 4.69) is 10.4 Å². The van der Waals surface area contributed by atoms with E-state index < -0.39 is 0 Å². The third-order valence-electron chi connectivity index (χ3n) is 3.68. The van der Waals surface area contributed by atoms with E-state index in [0.717, 1.165) is 24.1 Å². The highest BCUT2D eigenvalue weighted by atomic mass is 19.1. The molecule has 2 aromatic rings. The lowest BCUT2D eigenvalue weighted by molar-refractivity contribution is -0.0461. The molecule has 118 valence electrons. The maximum Gasteiger partial charge on any atom is 0.159 e. The van der Waals surface area contributed by atoms with Crippen molar-refractivity contribution in [3.05, 3.63) is 53.6 Å². The third-order valence-corrected chi connectivity index (χ3v) is 3.68. The normalized spacial score (nSPS) is 17.0. The zero-order chi connectivity index (χ0) is 15.4. The Balaban J connectivity index is 1.69. The molecule has 2 heterocycles. The predicted octanol–water partition coefficient (Wildman–Crippen LogP) is 2.00. The van der Waals surface area contributed by atoms with Gasteiger partial charge in [-0.3, -0.25) is 4.68 Å². The van der Waals surface area contributed by atoms with Crippen LogP contribution in [0.1, 0.15) is 23.6 Å². The molecule has 1 fully saturated rings. The molecule has 1 atom stereocenters. The Morgan fingerprint density at radius 1 is 1.27 bits per heavy atom. The van der Waals surface area contributed by atoms with Crippen LogP contribution in [0, 0.1) is 5.82 Å². The molecule has 1 aliphatic heterocycles. The van der Waals surface area contributed by atoms with E-state index in [0.29, 0.717) is 13.2 Å². The third kappa shape index (κ3) is 3.71. The highest BCUT2D eigenvalue weighted by Gasteiger charge is 2.19. The summed E-state index contributed by atoms with van der Waals surface area (Å²) in [5.41, 5.74) is 2.05. The van der Waals surface area contributed by atoms with Gasteiger partial charge in [0.1, 0.15) is 5.82 Å². The molecule has 0 aliphatic carbocycles. The lowest BCUT2D eigenvalue weighted by atomic mass is 10.0. The second kappa shape index (κ2) is 7.00. The van der Waals surface area contributed by atoms with E-state index in [-0.39, 0.29) is 18.1 Å². The van der Waals surface area contributed by atoms with Gasteiger partial charge in [-0.1, -0.05) is 12.1 Å². The van der Waals surface area contributed by atoms with Crippen molar-refractivity contribution in [2.75, 3.05) is 19.8 Å². The minimum absolute atomic E-state index is 0.0318. The molecule has 1 saturated heterocycles. The number of halogens is 1. The van der Waals surface area contributed by atoms with Crippen LogP contribution in [0.25, 0.3) is 0 Å². The quantitative estimate of drug-likeness (QED) is 0.887. The second-order valence-corrected chi connectivity index (χ2v) is 5.35. The van der Waals surface area contributed by atoms with Gasteiger partial charge in [-0.05, 0) is 17.7 Å². The summed E-state index contributed by atoms with van der Waals surface area (Å²) in [6.07, 6.45) is 4.43. The number of ether oxygens (including phenoxy) is 2. The first-order chi connectivity index (χ1) is 10.7. The summed E-state index contributed by atoms with van der Waals surface area (Å²) in [5.74, 6) is -0.235. The van der Waals surface area contributed by atoms with Crippen molar-refractivity contribution in [2.24, 2.45) is 7.05 Å². The minimum Gasteiger partial charge on any atom is -0.350 e. The van der Waals surface area contributed by atoms with Gasteiger partial charge in [0.15, 0.2) is 6.29 Å². The zero-order valence-corrected chi connectivity index (χ0v) is 12.5. The number of benzene rings is 1. The molecule has 1 aromatic carbocycles. The molecular weight excluding hydrogens is 285 g/mol. The van der Waals surface area contributed by atoms with Crippen LogP contribution in [0.3, 0.4) is 0 Å². The van der Waals surface area contributed by atoms with Crippen LogP contribution in [0.5, 0.6) is 0 Å². The number of rotatable bonds is 6. The summed E-state index contributed by atoms with van der Waals surface area (Å²) >= 11 is 0. The van der Waals surface area contributed by atoms with Gasteiger partial charge in [-0.2, -0.15) is 5.10 Å². The van der Waals surface area contributed by atoms with Gasteiger partial charge in [0.2, 0.25) is 0 Å². The van der Waals surface area contributed by atoms with Gasteiger partial charge in [-0.25, -0.2) is 4.39 Å². The number of hydrogen-bond acceptors (Lipinski definition) is 4. The van der Waals surface area contributed by atoms with Crippen molar-refractivity contribution in [3.8, 4) is 0 Å². The van der Waals surface area contributed by atoms with Crippen molar-refractivity contribution in [2.45, 2.75) is 18.8 Å². The van der Waals surface area contributed by atoms with Gasteiger partial charge in [0.05, 0.1) is 25.5 Å². The van der Waals surface area contributed by atoms with Crippen LogP contribution in [0.4, 0.5) is 4.39 Å². The lowest BCUT2D eigenvalue weighted by Gasteiger charge is -2.19. The fourth-order valence-corrected chi connectivity index (χ4v) is 2.59. The summed E-state index contributed by atoms with van der Waals surface area (Å²) in [7, 11) is 1.88. The van der Waals surface area contributed by atoms with Crippen molar-refractivity contribution in [1.29, 1.82) is 0 Å². The Bertz CT molecular complexity index is 594. The molecule has 5 nitrogen and oxygen atoms in total. The first kappa shape index (κ1) is 15.1. The number of nitrogens with one attached hydrogen (secondary N) is 1. The maximum absolute atomic E-state index is 13.1. The number of aryl methyl sites for hydroxylation is 1. The first-order valence-corrected chi connectivity index (χ1v) is 7.43. The summed E-state index contributed by atoms with van der Waals surface area (Å²) in [4.78, 5) is 0. The summed E-state index contributed by atoms with van der Waals surface area (Å²) < 4.78 is 25.8. The molecule has 3 rings (SSSR count). The van der Waals surface area contributed by atoms with Gasteiger partial charge in [0, 0.05) is 31.8 Å². The van der Waals surface area contributed by atoms with Gasteiger partial charge in [0.25, 0.3) is 0 Å². The van der Waals surface area contributed by atoms with Crippen molar-refractivity contribution in [1.82, 2.24) is 15.1 Å². The van der Waals surface area contributed by atoms with E-state index in [1.807, 2.05) is 19.4 Å². The van der Waals surface area contributed by atoms with Crippen molar-refractivity contribution < 1.29 is 13.9 Å². The number of hydrogen-bond donors (Lipinski definition) is 1. The highest BCUT2D eigenvalue weighted by molar-refractivity contribution is 5.29. The van der Waals surface area contributed by atoms with Crippen LogP contribution in [0.15, 0.2) is 36.7 Å². The number of nitrogens with zero attached hydrogens (tertiary/aromatic N) is 2. The average molecular weight is 305 g/mol. The average Bonchev–Trinajstić information content (AvgIpc) is 3.17. The largest absolute Gasteiger partial charge is 0.350 e. The molecule has 0 saturated carbocycles. The van der Waals surface area contributed by atoms with Crippen molar-refractivity contribution in [3.63, 3.8) is 0 Å². The number of aromatic nitrogens is 2. The highest BCUT2D eigenvalue weighted by Crippen LogP contribution is 2.22. The fraction of sp³-hybridized carbons (Fsp3) is 0.438. The summed E-state index contributed by atoms with van der Waals surface area (Å²) in [6, 6.07) is 6.51. The Hall–Kier alpha value is -1.76. The Kier molecular flexibility index (Phi) is 4.82. The van der Waals surface area contributed by atoms with Gasteiger partial charge >= 0.3 is 0 Å². The monoisotopic (exact) mass is 305 g/mol. The molecule has 0 amide bonds. The standard InChI is InChI=1S/C16H20FN3O2/c1-20-11-13(10-19-20)16(12-2-4-14(17)5-3-12)18-7-6-15-21-8-9-22-15/h2-5,10-11,15-16,18H,6-9H2,1H3/t16-/m1/s1. The molecular formula is C16H20FN3O2. The van der Waals surface area contributed by atoms with E-state index >= 15 is 0 Å². The Labute approximate surface area is 129 Å².